The molecule has 16 heteroatoms. The highest BCUT2D eigenvalue weighted by molar-refractivity contribution is 6.12. The summed E-state index contributed by atoms with van der Waals surface area (Å²) in [5, 5.41) is 15.0. The number of primary amides is 2. The van der Waals surface area contributed by atoms with Crippen molar-refractivity contribution in [1.82, 2.24) is 38.7 Å². The second-order valence-electron chi connectivity index (χ2n) is 13.8. The number of nitrogens with one attached hydrogen (secondary N) is 1. The van der Waals surface area contributed by atoms with E-state index in [1.54, 1.807) is 49.4 Å². The van der Waals surface area contributed by atoms with E-state index in [0.717, 1.165) is 61.3 Å². The van der Waals surface area contributed by atoms with Gasteiger partial charge in [-0.3, -0.25) is 23.9 Å². The van der Waals surface area contributed by atoms with Crippen molar-refractivity contribution in [3.8, 4) is 23.0 Å². The lowest BCUT2D eigenvalue weighted by Gasteiger charge is -2.31. The van der Waals surface area contributed by atoms with E-state index in [2.05, 4.69) is 26.2 Å². The lowest BCUT2D eigenvalue weighted by atomic mass is 10.0. The first-order chi connectivity index (χ1) is 26.3. The zero-order valence-corrected chi connectivity index (χ0v) is 31.5. The van der Waals surface area contributed by atoms with E-state index in [4.69, 9.17) is 35.9 Å². The highest BCUT2D eigenvalue weighted by atomic mass is 16.5. The average Bonchev–Trinajstić information content (AvgIpc) is 3.88. The van der Waals surface area contributed by atoms with Crippen LogP contribution in [0, 0.1) is 13.8 Å². The number of carbonyl (C=O) groups excluding carboxylic acids is 2. The van der Waals surface area contributed by atoms with Crippen LogP contribution in [0.25, 0.3) is 44.4 Å². The SMILES string of the molecule is COc1cc(C(N)=O)cc2c3c(n(C/C=C/Cn4c5nc(-c6cc(C)nn6C)ncc5c5cc(C(N)=O)cc(OC)c54)c12)NC(C)(c1cc(C)nn1C)N=C3. The minimum absolute atomic E-state index is 0.312. The molecule has 280 valence electrons. The molecule has 1 unspecified atom stereocenters. The van der Waals surface area contributed by atoms with Crippen LogP contribution in [0.3, 0.4) is 0 Å². The summed E-state index contributed by atoms with van der Waals surface area (Å²) in [5.41, 5.74) is 17.6. The van der Waals surface area contributed by atoms with Gasteiger partial charge in [-0.15, -0.1) is 0 Å². The Hall–Kier alpha value is -6.97. The lowest BCUT2D eigenvalue weighted by Crippen LogP contribution is -2.35. The number of aryl methyl sites for hydroxylation is 4. The lowest BCUT2D eigenvalue weighted by molar-refractivity contribution is 0.0991. The molecule has 16 nitrogen and oxygen atoms in total. The monoisotopic (exact) mass is 740 g/mol. The van der Waals surface area contributed by atoms with Crippen LogP contribution in [-0.2, 0) is 32.8 Å². The van der Waals surface area contributed by atoms with Gasteiger partial charge in [-0.05, 0) is 57.2 Å². The summed E-state index contributed by atoms with van der Waals surface area (Å²) < 4.78 is 19.4. The summed E-state index contributed by atoms with van der Waals surface area (Å²) in [7, 11) is 6.87. The molecule has 7 aromatic rings. The van der Waals surface area contributed by atoms with Gasteiger partial charge in [0.25, 0.3) is 0 Å². The van der Waals surface area contributed by atoms with Crippen LogP contribution in [0.15, 0.2) is 59.7 Å². The molecule has 0 aliphatic carbocycles. The number of aromatic nitrogens is 8. The summed E-state index contributed by atoms with van der Waals surface area (Å²) >= 11 is 0. The molecule has 5 aromatic heterocycles. The summed E-state index contributed by atoms with van der Waals surface area (Å²) in [4.78, 5) is 39.4. The maximum absolute atomic E-state index is 12.4. The van der Waals surface area contributed by atoms with Crippen molar-refractivity contribution in [2.45, 2.75) is 39.5 Å². The zero-order valence-electron chi connectivity index (χ0n) is 31.5. The standard InChI is InChI=1S/C39H40N12O4/c1-20-12-28(48(4)46-20)36-42-18-26-24-14-22(34(40)52)16-29(54-6)32(24)50(37(26)44-36)10-8-9-11-51-33-25(15-23(35(41)53)17-30(33)55-7)27-19-43-39(3,45-38(27)51)31-13-21(2)47-49(31)5/h8-9,12-19,45H,10-11H2,1-7H3,(H2,40,52)(H2,41,53)/b9-8+. The maximum Gasteiger partial charge on any atom is 0.248 e. The first kappa shape index (κ1) is 35.1. The zero-order chi connectivity index (χ0) is 38.9. The number of anilines is 1. The van der Waals surface area contributed by atoms with E-state index in [1.807, 2.05) is 68.5 Å². The maximum atomic E-state index is 12.4. The van der Waals surface area contributed by atoms with Gasteiger partial charge in [0.05, 0.1) is 42.3 Å². The highest BCUT2D eigenvalue weighted by Crippen LogP contribution is 2.42. The second-order valence-corrected chi connectivity index (χ2v) is 13.8. The number of fused-ring (bicyclic) bond motifs is 6. The topological polar surface area (TPSA) is 200 Å². The molecule has 0 radical (unpaired) electrons. The molecule has 2 aromatic carbocycles. The van der Waals surface area contributed by atoms with Crippen molar-refractivity contribution in [3.63, 3.8) is 0 Å². The number of allylic oxidation sites excluding steroid dienone is 2. The van der Waals surface area contributed by atoms with Gasteiger partial charge >= 0.3 is 0 Å². The average molecular weight is 741 g/mol. The molecule has 5 N–H and O–H groups in total. The molecular weight excluding hydrogens is 701 g/mol. The van der Waals surface area contributed by atoms with E-state index in [-0.39, 0.29) is 0 Å². The fourth-order valence-corrected chi connectivity index (χ4v) is 7.62. The van der Waals surface area contributed by atoms with Gasteiger partial charge in [0.2, 0.25) is 11.8 Å². The Morgan fingerprint density at radius 2 is 1.42 bits per heavy atom. The minimum Gasteiger partial charge on any atom is -0.495 e. The third-order valence-electron chi connectivity index (χ3n) is 10.1. The Morgan fingerprint density at radius 3 is 2.00 bits per heavy atom. The summed E-state index contributed by atoms with van der Waals surface area (Å²) in [5.74, 6) is 1.13. The van der Waals surface area contributed by atoms with E-state index in [0.29, 0.717) is 47.2 Å². The van der Waals surface area contributed by atoms with Crippen molar-refractivity contribution in [2.75, 3.05) is 19.5 Å². The van der Waals surface area contributed by atoms with Gasteiger partial charge in [0, 0.05) is 72.4 Å². The van der Waals surface area contributed by atoms with E-state index in [1.165, 1.54) is 0 Å². The molecule has 0 spiro atoms. The number of methoxy groups -OCH3 is 2. The van der Waals surface area contributed by atoms with Crippen molar-refractivity contribution in [3.05, 3.63) is 88.5 Å². The van der Waals surface area contributed by atoms with Crippen molar-refractivity contribution in [1.29, 1.82) is 0 Å². The third kappa shape index (κ3) is 5.64. The van der Waals surface area contributed by atoms with Crippen LogP contribution in [-0.4, -0.2) is 70.9 Å². The van der Waals surface area contributed by atoms with Crippen LogP contribution in [0.2, 0.25) is 0 Å². The second kappa shape index (κ2) is 12.9. The first-order valence-electron chi connectivity index (χ1n) is 17.5. The Bertz CT molecular complexity index is 2800. The summed E-state index contributed by atoms with van der Waals surface area (Å²) in [6.45, 7) is 6.65. The molecule has 2 amide bonds. The fraction of sp³-hybridized carbons (Fsp3) is 0.256. The molecule has 1 aliphatic heterocycles. The van der Waals surface area contributed by atoms with E-state index in [9.17, 15) is 9.59 Å². The number of carbonyl (C=O) groups is 2. The van der Waals surface area contributed by atoms with Gasteiger partial charge in [-0.2, -0.15) is 10.2 Å². The predicted molar refractivity (Wildman–Crippen MR) is 210 cm³/mol. The molecule has 1 aliphatic rings. The quantitative estimate of drug-likeness (QED) is 0.169. The highest BCUT2D eigenvalue weighted by Gasteiger charge is 2.35. The van der Waals surface area contributed by atoms with Gasteiger partial charge in [0.15, 0.2) is 11.5 Å². The van der Waals surface area contributed by atoms with E-state index >= 15 is 0 Å². The largest absolute Gasteiger partial charge is 0.495 e. The normalized spacial score (nSPS) is 15.3. The van der Waals surface area contributed by atoms with Gasteiger partial charge in [-0.1, -0.05) is 12.2 Å². The number of hydrogen-bond acceptors (Lipinski definition) is 10. The molecule has 6 heterocycles. The van der Waals surface area contributed by atoms with Crippen molar-refractivity contribution >= 4 is 56.7 Å². The van der Waals surface area contributed by atoms with Crippen LogP contribution in [0.4, 0.5) is 5.82 Å². The van der Waals surface area contributed by atoms with Crippen LogP contribution in [0.1, 0.15) is 50.3 Å². The summed E-state index contributed by atoms with van der Waals surface area (Å²) in [6, 6.07) is 10.8. The van der Waals surface area contributed by atoms with Crippen LogP contribution in [0.5, 0.6) is 11.5 Å². The molecule has 0 saturated carbocycles. The molecule has 55 heavy (non-hydrogen) atoms. The molecule has 0 bridgehead atoms. The van der Waals surface area contributed by atoms with Gasteiger partial charge in [0.1, 0.15) is 28.7 Å². The number of hydrogen-bond donors (Lipinski definition) is 3. The first-order valence-corrected chi connectivity index (χ1v) is 17.5. The Morgan fingerprint density at radius 1 is 0.818 bits per heavy atom. The number of rotatable bonds is 10. The smallest absolute Gasteiger partial charge is 0.248 e. The molecule has 0 saturated heterocycles. The third-order valence-corrected chi connectivity index (χ3v) is 10.1. The van der Waals surface area contributed by atoms with Crippen LogP contribution < -0.4 is 26.3 Å². The van der Waals surface area contributed by atoms with Gasteiger partial charge < -0.3 is 35.4 Å². The number of ether oxygens (including phenoxy) is 2. The van der Waals surface area contributed by atoms with Crippen LogP contribution >= 0.6 is 0 Å². The minimum atomic E-state index is -0.842. The summed E-state index contributed by atoms with van der Waals surface area (Å²) in [6.07, 6.45) is 7.67. The Labute approximate surface area is 315 Å². The van der Waals surface area contributed by atoms with E-state index < -0.39 is 17.5 Å². The van der Waals surface area contributed by atoms with Crippen molar-refractivity contribution in [2.24, 2.45) is 30.6 Å². The molecule has 1 atom stereocenters. The molecule has 0 fully saturated rings. The van der Waals surface area contributed by atoms with Gasteiger partial charge in [-0.25, -0.2) is 9.97 Å². The molecule has 8 rings (SSSR count). The number of nitrogens with two attached hydrogens (primary N) is 2. The number of aliphatic imine (C=N–C) groups is 1. The number of benzene rings is 2. The Kier molecular flexibility index (Phi) is 8.20. The van der Waals surface area contributed by atoms with Crippen molar-refractivity contribution < 1.29 is 19.1 Å². The predicted octanol–water partition coefficient (Wildman–Crippen LogP) is 4.48. The molecular formula is C39H40N12O4. The Balaban J connectivity index is 1.25. The number of amides is 2. The number of nitrogens with zero attached hydrogens (tertiary/aromatic N) is 9. The fourth-order valence-electron chi connectivity index (χ4n) is 7.62.